The molecule has 0 saturated carbocycles. The third kappa shape index (κ3) is 1.37. The fraction of sp³-hybridized carbons (Fsp3) is 0.133. The molecule has 3 rings (SSSR count). The van der Waals surface area contributed by atoms with Crippen LogP contribution in [0.1, 0.15) is 5.56 Å². The van der Waals surface area contributed by atoms with E-state index in [1.54, 1.807) is 0 Å². The number of aromatic nitrogens is 1. The van der Waals surface area contributed by atoms with Crippen LogP contribution >= 0.6 is 0 Å². The molecule has 0 N–H and O–H groups in total. The Labute approximate surface area is 99.1 Å². The van der Waals surface area contributed by atoms with Gasteiger partial charge >= 0.3 is 0 Å². The van der Waals surface area contributed by atoms with Crippen LogP contribution in [0.5, 0.6) is 0 Å². The van der Waals surface area contributed by atoms with Gasteiger partial charge in [0.1, 0.15) is 0 Å². The quantitative estimate of drug-likeness (QED) is 0.537. The van der Waals surface area contributed by atoms with E-state index in [1.807, 2.05) is 56.4 Å². The summed E-state index contributed by atoms with van der Waals surface area (Å²) in [5.74, 6) is 0. The topological polar surface area (TPSA) is 22.0 Å². The first kappa shape index (κ1) is 10.1. The van der Waals surface area contributed by atoms with Crippen LogP contribution < -0.4 is 5.43 Å². The predicted molar refractivity (Wildman–Crippen MR) is 71.4 cm³/mol. The molecule has 1 aromatic heterocycles. The summed E-state index contributed by atoms with van der Waals surface area (Å²) in [4.78, 5) is 12.4. The first-order chi connectivity index (χ1) is 8.18. The van der Waals surface area contributed by atoms with E-state index in [9.17, 15) is 4.79 Å². The number of pyridine rings is 1. The lowest BCUT2D eigenvalue weighted by Gasteiger charge is -2.10. The maximum absolute atomic E-state index is 12.4. The lowest BCUT2D eigenvalue weighted by molar-refractivity contribution is 1.00. The van der Waals surface area contributed by atoms with Crippen LogP contribution in [0, 0.1) is 6.92 Å². The van der Waals surface area contributed by atoms with Crippen LogP contribution in [-0.4, -0.2) is 4.57 Å². The Morgan fingerprint density at radius 2 is 1.65 bits per heavy atom. The molecule has 0 atom stereocenters. The van der Waals surface area contributed by atoms with E-state index in [2.05, 4.69) is 4.57 Å². The zero-order valence-corrected chi connectivity index (χ0v) is 9.90. The van der Waals surface area contributed by atoms with Gasteiger partial charge in [0.05, 0.1) is 11.0 Å². The molecule has 0 spiro atoms. The van der Waals surface area contributed by atoms with Crippen molar-refractivity contribution in [2.75, 3.05) is 0 Å². The summed E-state index contributed by atoms with van der Waals surface area (Å²) in [6.07, 6.45) is 0. The molecule has 0 fully saturated rings. The van der Waals surface area contributed by atoms with Crippen molar-refractivity contribution in [3.05, 3.63) is 58.3 Å². The highest BCUT2D eigenvalue weighted by Crippen LogP contribution is 2.18. The van der Waals surface area contributed by atoms with Gasteiger partial charge in [0.15, 0.2) is 5.43 Å². The van der Waals surface area contributed by atoms with Gasteiger partial charge in [-0.3, -0.25) is 4.79 Å². The smallest absolute Gasteiger partial charge is 0.197 e. The third-order valence-electron chi connectivity index (χ3n) is 3.27. The highest BCUT2D eigenvalue weighted by molar-refractivity contribution is 5.93. The van der Waals surface area contributed by atoms with E-state index in [0.29, 0.717) is 0 Å². The summed E-state index contributed by atoms with van der Waals surface area (Å²) >= 11 is 0. The lowest BCUT2D eigenvalue weighted by atomic mass is 10.1. The Bertz CT molecular complexity index is 784. The first-order valence-corrected chi connectivity index (χ1v) is 5.66. The molecule has 0 bridgehead atoms. The molecule has 0 unspecified atom stereocenters. The lowest BCUT2D eigenvalue weighted by Crippen LogP contribution is -2.08. The van der Waals surface area contributed by atoms with Crippen molar-refractivity contribution in [3.63, 3.8) is 0 Å². The fourth-order valence-corrected chi connectivity index (χ4v) is 2.36. The van der Waals surface area contributed by atoms with Crippen LogP contribution in [0.2, 0.25) is 0 Å². The molecular weight excluding hydrogens is 210 g/mol. The van der Waals surface area contributed by atoms with Crippen LogP contribution in [0.4, 0.5) is 0 Å². The van der Waals surface area contributed by atoms with Gasteiger partial charge in [-0.25, -0.2) is 0 Å². The minimum absolute atomic E-state index is 0.123. The van der Waals surface area contributed by atoms with Crippen LogP contribution in [0.25, 0.3) is 21.8 Å². The Morgan fingerprint density at radius 3 is 2.47 bits per heavy atom. The van der Waals surface area contributed by atoms with Crippen LogP contribution in [0.15, 0.2) is 47.3 Å². The van der Waals surface area contributed by atoms with E-state index in [0.717, 1.165) is 27.4 Å². The van der Waals surface area contributed by atoms with Gasteiger partial charge in [0.25, 0.3) is 0 Å². The van der Waals surface area contributed by atoms with Gasteiger partial charge in [-0.05, 0) is 31.2 Å². The highest BCUT2D eigenvalue weighted by Gasteiger charge is 2.07. The molecule has 2 nitrogen and oxygen atoms in total. The van der Waals surface area contributed by atoms with Crippen LogP contribution in [0.3, 0.4) is 0 Å². The number of aryl methyl sites for hydroxylation is 2. The first-order valence-electron chi connectivity index (χ1n) is 5.66. The summed E-state index contributed by atoms with van der Waals surface area (Å²) in [6.45, 7) is 2.01. The van der Waals surface area contributed by atoms with E-state index < -0.39 is 0 Å². The number of hydrogen-bond donors (Lipinski definition) is 0. The Hall–Kier alpha value is -2.09. The van der Waals surface area contributed by atoms with E-state index in [4.69, 9.17) is 0 Å². The number of nitrogens with zero attached hydrogens (tertiary/aromatic N) is 1. The van der Waals surface area contributed by atoms with Crippen molar-refractivity contribution in [2.45, 2.75) is 6.92 Å². The average molecular weight is 223 g/mol. The van der Waals surface area contributed by atoms with Crippen molar-refractivity contribution in [3.8, 4) is 0 Å². The second-order valence-corrected chi connectivity index (χ2v) is 4.43. The second kappa shape index (κ2) is 3.45. The van der Waals surface area contributed by atoms with Crippen molar-refractivity contribution < 1.29 is 0 Å². The minimum Gasteiger partial charge on any atom is -0.343 e. The standard InChI is InChI=1S/C15H13NO/c1-10-7-8-14-12(9-10)15(17)11-5-3-4-6-13(11)16(14)2/h3-9H,1-2H3. The van der Waals surface area contributed by atoms with E-state index >= 15 is 0 Å². The largest absolute Gasteiger partial charge is 0.343 e. The number of hydrogen-bond acceptors (Lipinski definition) is 1. The van der Waals surface area contributed by atoms with Gasteiger partial charge in [0.2, 0.25) is 0 Å². The molecule has 0 aliphatic carbocycles. The molecule has 2 heteroatoms. The maximum atomic E-state index is 12.4. The summed E-state index contributed by atoms with van der Waals surface area (Å²) in [7, 11) is 2.00. The average Bonchev–Trinajstić information content (AvgIpc) is 2.36. The number of fused-ring (bicyclic) bond motifs is 2. The van der Waals surface area contributed by atoms with Crippen molar-refractivity contribution in [1.82, 2.24) is 4.57 Å². The molecule has 84 valence electrons. The fourth-order valence-electron chi connectivity index (χ4n) is 2.36. The van der Waals surface area contributed by atoms with Crippen molar-refractivity contribution in [1.29, 1.82) is 0 Å². The second-order valence-electron chi connectivity index (χ2n) is 4.43. The van der Waals surface area contributed by atoms with Gasteiger partial charge in [0, 0.05) is 17.8 Å². The third-order valence-corrected chi connectivity index (χ3v) is 3.27. The van der Waals surface area contributed by atoms with Gasteiger partial charge in [-0.2, -0.15) is 0 Å². The molecule has 0 amide bonds. The minimum atomic E-state index is 0.123. The highest BCUT2D eigenvalue weighted by atomic mass is 16.1. The number of para-hydroxylation sites is 1. The molecular formula is C15H13NO. The molecule has 0 aliphatic heterocycles. The molecule has 2 aromatic carbocycles. The van der Waals surface area contributed by atoms with Crippen LogP contribution in [-0.2, 0) is 7.05 Å². The zero-order valence-electron chi connectivity index (χ0n) is 9.90. The summed E-state index contributed by atoms with van der Waals surface area (Å²) in [5.41, 5.74) is 3.20. The van der Waals surface area contributed by atoms with Crippen molar-refractivity contribution in [2.24, 2.45) is 7.05 Å². The molecule has 0 radical (unpaired) electrons. The molecule has 1 heterocycles. The summed E-state index contributed by atoms with van der Waals surface area (Å²) < 4.78 is 2.07. The Balaban J connectivity index is 2.68. The van der Waals surface area contributed by atoms with Crippen molar-refractivity contribution >= 4 is 21.8 Å². The molecule has 3 aromatic rings. The zero-order chi connectivity index (χ0) is 12.0. The van der Waals surface area contributed by atoms with E-state index in [-0.39, 0.29) is 5.43 Å². The summed E-state index contributed by atoms with van der Waals surface area (Å²) in [5, 5.41) is 1.58. The normalized spacial score (nSPS) is 11.2. The maximum Gasteiger partial charge on any atom is 0.197 e. The SMILES string of the molecule is Cc1ccc2c(c1)c(=O)c1ccccc1n2C. The van der Waals surface area contributed by atoms with Gasteiger partial charge in [-0.1, -0.05) is 23.8 Å². The number of benzene rings is 2. The Kier molecular flexibility index (Phi) is 2.05. The van der Waals surface area contributed by atoms with Gasteiger partial charge in [-0.15, -0.1) is 0 Å². The molecule has 0 saturated heterocycles. The molecule has 17 heavy (non-hydrogen) atoms. The van der Waals surface area contributed by atoms with Gasteiger partial charge < -0.3 is 4.57 Å². The monoisotopic (exact) mass is 223 g/mol. The summed E-state index contributed by atoms with van der Waals surface area (Å²) in [6, 6.07) is 13.8. The van der Waals surface area contributed by atoms with E-state index in [1.165, 1.54) is 0 Å². The Morgan fingerprint density at radius 1 is 0.941 bits per heavy atom. The molecule has 0 aliphatic rings. The predicted octanol–water partition coefficient (Wildman–Crippen LogP) is 3.00. The number of rotatable bonds is 0.